The third kappa shape index (κ3) is 6.37. The van der Waals surface area contributed by atoms with Gasteiger partial charge in [-0.15, -0.1) is 0 Å². The van der Waals surface area contributed by atoms with E-state index >= 15 is 0 Å². The lowest BCUT2D eigenvalue weighted by molar-refractivity contribution is 0.114. The first-order valence-electron chi connectivity index (χ1n) is 13.1. The van der Waals surface area contributed by atoms with Crippen LogP contribution in [0.25, 0.3) is 11.1 Å². The second kappa shape index (κ2) is 11.8. The predicted molar refractivity (Wildman–Crippen MR) is 144 cm³/mol. The van der Waals surface area contributed by atoms with Crippen LogP contribution in [0.15, 0.2) is 55.0 Å². The second-order valence-corrected chi connectivity index (χ2v) is 10.1. The van der Waals surface area contributed by atoms with Crippen molar-refractivity contribution in [1.82, 2.24) is 24.8 Å². The number of anilines is 3. The Kier molecular flexibility index (Phi) is 8.05. The zero-order chi connectivity index (χ0) is 24.7. The van der Waals surface area contributed by atoms with Gasteiger partial charge in [-0.3, -0.25) is 4.90 Å². The Morgan fingerprint density at radius 2 is 1.75 bits per heavy atom. The molecule has 190 valence electrons. The van der Waals surface area contributed by atoms with Gasteiger partial charge in [-0.2, -0.15) is 0 Å². The lowest BCUT2D eigenvalue weighted by atomic mass is 10.1. The van der Waals surface area contributed by atoms with E-state index in [4.69, 9.17) is 9.97 Å². The van der Waals surface area contributed by atoms with Crippen molar-refractivity contribution in [2.24, 2.45) is 5.92 Å². The fraction of sp³-hybridized carbons (Fsp3) is 0.464. The average molecular weight is 488 g/mol. The fourth-order valence-electron chi connectivity index (χ4n) is 5.08. The number of aliphatic hydroxyl groups is 1. The first-order valence-corrected chi connectivity index (χ1v) is 13.1. The molecule has 1 fully saturated rings. The number of rotatable bonds is 3. The van der Waals surface area contributed by atoms with Crippen LogP contribution in [0.5, 0.6) is 0 Å². The molecule has 1 saturated heterocycles. The Morgan fingerprint density at radius 3 is 2.56 bits per heavy atom. The third-order valence-electron chi connectivity index (χ3n) is 7.13. The van der Waals surface area contributed by atoms with Crippen molar-refractivity contribution < 1.29 is 5.11 Å². The summed E-state index contributed by atoms with van der Waals surface area (Å²) in [6, 6.07) is 12.7. The molecular formula is C28H37N7O. The topological polar surface area (TPSA) is 80.6 Å². The Morgan fingerprint density at radius 1 is 0.944 bits per heavy atom. The molecule has 8 heteroatoms. The molecule has 0 amide bonds. The Bertz CT molecular complexity index is 1110. The molecule has 8 bridgehead atoms. The second-order valence-electron chi connectivity index (χ2n) is 10.1. The number of nitrogens with one attached hydrogen (secondary N) is 1. The van der Waals surface area contributed by atoms with Crippen LogP contribution in [-0.2, 0) is 6.54 Å². The highest BCUT2D eigenvalue weighted by Crippen LogP contribution is 2.24. The monoisotopic (exact) mass is 487 g/mol. The lowest BCUT2D eigenvalue weighted by Crippen LogP contribution is -2.47. The van der Waals surface area contributed by atoms with Crippen LogP contribution in [0.4, 0.5) is 17.5 Å². The van der Waals surface area contributed by atoms with E-state index < -0.39 is 0 Å². The van der Waals surface area contributed by atoms with E-state index in [2.05, 4.69) is 56.2 Å². The SMILES string of the molecule is CC1CCN(CCCO)c2ncc(cn2)-c2ccnc(c2)Nc2cccc(c2)CN2CCN(CC2)C1. The van der Waals surface area contributed by atoms with Crippen molar-refractivity contribution in [1.29, 1.82) is 0 Å². The van der Waals surface area contributed by atoms with Gasteiger partial charge in [0.25, 0.3) is 0 Å². The zero-order valence-electron chi connectivity index (χ0n) is 21.2. The van der Waals surface area contributed by atoms with Gasteiger partial charge in [-0.25, -0.2) is 15.0 Å². The number of benzene rings is 1. The minimum absolute atomic E-state index is 0.170. The molecule has 36 heavy (non-hydrogen) atoms. The van der Waals surface area contributed by atoms with Crippen molar-refractivity contribution in [3.8, 4) is 11.1 Å². The summed E-state index contributed by atoms with van der Waals surface area (Å²) in [7, 11) is 0. The Hall–Kier alpha value is -3.07. The molecule has 7 heterocycles. The summed E-state index contributed by atoms with van der Waals surface area (Å²) < 4.78 is 0. The summed E-state index contributed by atoms with van der Waals surface area (Å²) in [5.74, 6) is 2.11. The van der Waals surface area contributed by atoms with Crippen molar-refractivity contribution in [3.63, 3.8) is 0 Å². The predicted octanol–water partition coefficient (Wildman–Crippen LogP) is 3.63. The maximum absolute atomic E-state index is 9.42. The van der Waals surface area contributed by atoms with Gasteiger partial charge < -0.3 is 20.2 Å². The molecule has 0 saturated carbocycles. The minimum atomic E-state index is 0.170. The molecule has 0 spiro atoms. The van der Waals surface area contributed by atoms with Crippen LogP contribution < -0.4 is 10.2 Å². The number of pyridine rings is 1. The van der Waals surface area contributed by atoms with E-state index in [1.807, 2.05) is 30.7 Å². The van der Waals surface area contributed by atoms with Gasteiger partial charge >= 0.3 is 0 Å². The molecule has 5 aliphatic heterocycles. The molecule has 2 aromatic heterocycles. The van der Waals surface area contributed by atoms with Crippen molar-refractivity contribution in [3.05, 3.63) is 60.6 Å². The molecule has 3 aromatic rings. The third-order valence-corrected chi connectivity index (χ3v) is 7.13. The summed E-state index contributed by atoms with van der Waals surface area (Å²) in [5.41, 5.74) is 4.34. The minimum Gasteiger partial charge on any atom is -0.396 e. The van der Waals surface area contributed by atoms with E-state index in [1.54, 1.807) is 0 Å². The van der Waals surface area contributed by atoms with E-state index in [-0.39, 0.29) is 6.61 Å². The number of hydrogen-bond donors (Lipinski definition) is 2. The first kappa shape index (κ1) is 24.6. The van der Waals surface area contributed by atoms with Crippen LogP contribution >= 0.6 is 0 Å². The van der Waals surface area contributed by atoms with Crippen molar-refractivity contribution in [2.45, 2.75) is 26.3 Å². The van der Waals surface area contributed by atoms with Gasteiger partial charge in [0.15, 0.2) is 0 Å². The highest BCUT2D eigenvalue weighted by atomic mass is 16.3. The molecule has 1 aromatic carbocycles. The fourth-order valence-corrected chi connectivity index (χ4v) is 5.08. The summed E-state index contributed by atoms with van der Waals surface area (Å²) in [5, 5.41) is 12.9. The Balaban J connectivity index is 1.43. The Labute approximate surface area is 214 Å². The number of aliphatic hydroxyl groups excluding tert-OH is 1. The maximum Gasteiger partial charge on any atom is 0.225 e. The molecule has 5 aliphatic rings. The van der Waals surface area contributed by atoms with Gasteiger partial charge in [0, 0.05) is 88.8 Å². The largest absolute Gasteiger partial charge is 0.396 e. The van der Waals surface area contributed by atoms with E-state index in [0.717, 1.165) is 87.4 Å². The maximum atomic E-state index is 9.42. The van der Waals surface area contributed by atoms with Gasteiger partial charge in [-0.1, -0.05) is 19.1 Å². The zero-order valence-corrected chi connectivity index (χ0v) is 21.2. The van der Waals surface area contributed by atoms with Gasteiger partial charge in [0.2, 0.25) is 5.95 Å². The highest BCUT2D eigenvalue weighted by Gasteiger charge is 2.20. The quantitative estimate of drug-likeness (QED) is 0.580. The number of nitrogens with zero attached hydrogens (tertiary/aromatic N) is 6. The summed E-state index contributed by atoms with van der Waals surface area (Å²) in [6.45, 7) is 10.6. The summed E-state index contributed by atoms with van der Waals surface area (Å²) in [4.78, 5) is 21.3. The normalized spacial score (nSPS) is 22.6. The van der Waals surface area contributed by atoms with E-state index in [9.17, 15) is 5.11 Å². The molecule has 2 N–H and O–H groups in total. The standard InChI is InChI=1S/C28H37N7O/c1-22-7-10-35(9-3-15-36)28-30-18-25(19-31-28)24-6-8-29-27(17-24)32-26-5-2-4-23(16-26)21-34-13-11-33(20-22)12-14-34/h2,4-6,8,16-19,22,36H,3,7,9-15,20-21H2,1H3,(H,29,32). The van der Waals surface area contributed by atoms with Gasteiger partial charge in [0.05, 0.1) is 0 Å². The molecule has 1 atom stereocenters. The number of hydrogen-bond acceptors (Lipinski definition) is 8. The van der Waals surface area contributed by atoms with Crippen LogP contribution in [0.1, 0.15) is 25.3 Å². The smallest absolute Gasteiger partial charge is 0.225 e. The molecular weight excluding hydrogens is 450 g/mol. The summed E-state index contributed by atoms with van der Waals surface area (Å²) in [6.07, 6.45) is 7.38. The van der Waals surface area contributed by atoms with Crippen molar-refractivity contribution in [2.75, 3.05) is 62.6 Å². The number of piperazine rings is 1. The van der Waals surface area contributed by atoms with Gasteiger partial charge in [0.1, 0.15) is 5.82 Å². The molecule has 8 rings (SSSR count). The first-order chi connectivity index (χ1) is 17.7. The number of aromatic nitrogens is 3. The van der Waals surface area contributed by atoms with Crippen LogP contribution in [-0.4, -0.2) is 82.3 Å². The summed E-state index contributed by atoms with van der Waals surface area (Å²) >= 11 is 0. The molecule has 0 aliphatic carbocycles. The molecule has 8 nitrogen and oxygen atoms in total. The van der Waals surface area contributed by atoms with Gasteiger partial charge in [-0.05, 0) is 54.2 Å². The lowest BCUT2D eigenvalue weighted by Gasteiger charge is -2.36. The van der Waals surface area contributed by atoms with Crippen LogP contribution in [0.3, 0.4) is 0 Å². The van der Waals surface area contributed by atoms with Crippen LogP contribution in [0, 0.1) is 5.92 Å². The molecule has 1 unspecified atom stereocenters. The average Bonchev–Trinajstić information content (AvgIpc) is 2.90. The highest BCUT2D eigenvalue weighted by molar-refractivity contribution is 5.68. The van der Waals surface area contributed by atoms with Crippen molar-refractivity contribution >= 4 is 17.5 Å². The van der Waals surface area contributed by atoms with Crippen LogP contribution in [0.2, 0.25) is 0 Å². The molecule has 0 radical (unpaired) electrons. The van der Waals surface area contributed by atoms with E-state index in [0.29, 0.717) is 12.3 Å². The van der Waals surface area contributed by atoms with E-state index in [1.165, 1.54) is 5.56 Å².